The van der Waals surface area contributed by atoms with Crippen molar-refractivity contribution in [1.29, 1.82) is 0 Å². The Morgan fingerprint density at radius 1 is 1.26 bits per heavy atom. The summed E-state index contributed by atoms with van der Waals surface area (Å²) in [6.07, 6.45) is 2.60. The lowest BCUT2D eigenvalue weighted by atomic mass is 10.1. The number of rotatable bonds is 2. The van der Waals surface area contributed by atoms with Gasteiger partial charge < -0.3 is 10.2 Å². The van der Waals surface area contributed by atoms with Crippen molar-refractivity contribution in [3.05, 3.63) is 47.9 Å². The van der Waals surface area contributed by atoms with E-state index in [2.05, 4.69) is 57.4 Å². The summed E-state index contributed by atoms with van der Waals surface area (Å²) in [5, 5.41) is 3.45. The summed E-state index contributed by atoms with van der Waals surface area (Å²) in [7, 11) is 0. The lowest BCUT2D eigenvalue weighted by Crippen LogP contribution is -2.25. The first kappa shape index (κ1) is 12.1. The van der Waals surface area contributed by atoms with E-state index in [0.29, 0.717) is 0 Å². The third-order valence-corrected chi connectivity index (χ3v) is 3.46. The maximum Gasteiger partial charge on any atom is 0.136 e. The minimum atomic E-state index is 0.915. The Morgan fingerprint density at radius 2 is 2.16 bits per heavy atom. The highest BCUT2D eigenvalue weighted by Crippen LogP contribution is 2.28. The lowest BCUT2D eigenvalue weighted by Gasteiger charge is -2.23. The molecule has 0 aliphatic carbocycles. The fraction of sp³-hybridized carbons (Fsp3) is 0.333. The largest absolute Gasteiger partial charge is 0.325 e. The van der Waals surface area contributed by atoms with Gasteiger partial charge in [0, 0.05) is 37.1 Å². The summed E-state index contributed by atoms with van der Waals surface area (Å²) >= 11 is 0. The zero-order valence-electron chi connectivity index (χ0n) is 11.1. The molecule has 0 atom stereocenters. The number of para-hydroxylation sites is 1. The van der Waals surface area contributed by atoms with Crippen LogP contribution in [-0.2, 0) is 13.0 Å². The zero-order valence-corrected chi connectivity index (χ0v) is 11.1. The number of fused-ring (bicyclic) bond motifs is 1. The van der Waals surface area contributed by atoms with Crippen LogP contribution in [0.15, 0.2) is 36.7 Å². The van der Waals surface area contributed by atoms with Gasteiger partial charge in [-0.15, -0.1) is 0 Å². The molecule has 2 heterocycles. The lowest BCUT2D eigenvalue weighted by molar-refractivity contribution is 0.710. The van der Waals surface area contributed by atoms with E-state index in [1.165, 1.54) is 11.3 Å². The van der Waals surface area contributed by atoms with Crippen LogP contribution < -0.4 is 10.2 Å². The third kappa shape index (κ3) is 2.44. The maximum atomic E-state index is 4.44. The number of nitrogens with one attached hydrogen (secondary N) is 1. The van der Waals surface area contributed by atoms with Crippen molar-refractivity contribution in [2.45, 2.75) is 19.9 Å². The van der Waals surface area contributed by atoms with Gasteiger partial charge in [-0.3, -0.25) is 0 Å². The van der Waals surface area contributed by atoms with Gasteiger partial charge in [0.15, 0.2) is 0 Å². The number of aryl methyl sites for hydroxylation is 1. The molecule has 0 fully saturated rings. The first-order valence-electron chi connectivity index (χ1n) is 6.75. The molecule has 4 heteroatoms. The zero-order chi connectivity index (χ0) is 13.1. The van der Waals surface area contributed by atoms with Crippen LogP contribution in [0, 0.1) is 0 Å². The van der Waals surface area contributed by atoms with E-state index in [-0.39, 0.29) is 0 Å². The molecule has 1 aromatic heterocycles. The molecule has 98 valence electrons. The monoisotopic (exact) mass is 254 g/mol. The number of nitrogens with zero attached hydrogens (tertiary/aromatic N) is 3. The SMILES string of the molecule is CCc1cc(N2CCNCc3ccccc32)ncn1. The van der Waals surface area contributed by atoms with Gasteiger partial charge in [0.05, 0.1) is 0 Å². The van der Waals surface area contributed by atoms with Crippen LogP contribution in [0.5, 0.6) is 0 Å². The Balaban J connectivity index is 2.03. The first-order valence-corrected chi connectivity index (χ1v) is 6.75. The molecule has 2 aromatic rings. The maximum absolute atomic E-state index is 4.44. The van der Waals surface area contributed by atoms with E-state index in [0.717, 1.165) is 37.6 Å². The Hall–Kier alpha value is -1.94. The van der Waals surface area contributed by atoms with Crippen LogP contribution in [0.3, 0.4) is 0 Å². The molecule has 0 spiro atoms. The summed E-state index contributed by atoms with van der Waals surface area (Å²) in [6.45, 7) is 4.92. The average Bonchev–Trinajstić information content (AvgIpc) is 2.69. The van der Waals surface area contributed by atoms with Crippen LogP contribution in [0.4, 0.5) is 11.5 Å². The Kier molecular flexibility index (Phi) is 3.42. The van der Waals surface area contributed by atoms with Crippen molar-refractivity contribution in [2.24, 2.45) is 0 Å². The smallest absolute Gasteiger partial charge is 0.136 e. The Morgan fingerprint density at radius 3 is 3.05 bits per heavy atom. The summed E-state index contributed by atoms with van der Waals surface area (Å²) in [5.41, 5.74) is 3.64. The van der Waals surface area contributed by atoms with Crippen molar-refractivity contribution >= 4 is 11.5 Å². The van der Waals surface area contributed by atoms with Gasteiger partial charge in [-0.25, -0.2) is 9.97 Å². The molecule has 1 aromatic carbocycles. The number of anilines is 2. The van der Waals surface area contributed by atoms with Crippen molar-refractivity contribution in [3.8, 4) is 0 Å². The summed E-state index contributed by atoms with van der Waals surface area (Å²) in [6, 6.07) is 10.6. The molecule has 1 aliphatic heterocycles. The van der Waals surface area contributed by atoms with Crippen LogP contribution >= 0.6 is 0 Å². The quantitative estimate of drug-likeness (QED) is 0.892. The number of hydrogen-bond donors (Lipinski definition) is 1. The molecule has 0 unspecified atom stereocenters. The second kappa shape index (κ2) is 5.36. The standard InChI is InChI=1S/C15H18N4/c1-2-13-9-15(18-11-17-13)19-8-7-16-10-12-5-3-4-6-14(12)19/h3-6,9,11,16H,2,7-8,10H2,1H3. The van der Waals surface area contributed by atoms with E-state index in [9.17, 15) is 0 Å². The summed E-state index contributed by atoms with van der Waals surface area (Å²) in [5.74, 6) is 0.989. The van der Waals surface area contributed by atoms with Crippen molar-refractivity contribution in [1.82, 2.24) is 15.3 Å². The van der Waals surface area contributed by atoms with Crippen molar-refractivity contribution < 1.29 is 0 Å². The van der Waals surface area contributed by atoms with Crippen LogP contribution in [0.2, 0.25) is 0 Å². The first-order chi connectivity index (χ1) is 9.38. The second-order valence-electron chi connectivity index (χ2n) is 4.68. The van der Waals surface area contributed by atoms with Gasteiger partial charge in [-0.2, -0.15) is 0 Å². The molecule has 3 rings (SSSR count). The molecule has 0 radical (unpaired) electrons. The molecule has 0 amide bonds. The van der Waals surface area contributed by atoms with E-state index < -0.39 is 0 Å². The van der Waals surface area contributed by atoms with Gasteiger partial charge in [0.2, 0.25) is 0 Å². The molecule has 1 aliphatic rings. The highest BCUT2D eigenvalue weighted by Gasteiger charge is 2.17. The molecule has 0 saturated heterocycles. The van der Waals surface area contributed by atoms with Crippen molar-refractivity contribution in [3.63, 3.8) is 0 Å². The Bertz CT molecular complexity index is 568. The van der Waals surface area contributed by atoms with Gasteiger partial charge in [0.25, 0.3) is 0 Å². The second-order valence-corrected chi connectivity index (χ2v) is 4.68. The molecule has 4 nitrogen and oxygen atoms in total. The van der Waals surface area contributed by atoms with Gasteiger partial charge >= 0.3 is 0 Å². The number of aromatic nitrogens is 2. The minimum absolute atomic E-state index is 0.915. The van der Waals surface area contributed by atoms with Crippen LogP contribution in [0.1, 0.15) is 18.2 Å². The molecular formula is C15H18N4. The number of benzene rings is 1. The molecule has 1 N–H and O–H groups in total. The molecule has 0 saturated carbocycles. The molecule has 19 heavy (non-hydrogen) atoms. The van der Waals surface area contributed by atoms with E-state index >= 15 is 0 Å². The van der Waals surface area contributed by atoms with E-state index in [4.69, 9.17) is 0 Å². The fourth-order valence-corrected chi connectivity index (χ4v) is 2.42. The van der Waals surface area contributed by atoms with E-state index in [1.807, 2.05) is 0 Å². The highest BCUT2D eigenvalue weighted by molar-refractivity contribution is 5.64. The Labute approximate surface area is 113 Å². The predicted molar refractivity (Wildman–Crippen MR) is 76.6 cm³/mol. The van der Waals surface area contributed by atoms with Gasteiger partial charge in [-0.05, 0) is 18.1 Å². The van der Waals surface area contributed by atoms with Crippen molar-refractivity contribution in [2.75, 3.05) is 18.0 Å². The summed E-state index contributed by atoms with van der Waals surface area (Å²) < 4.78 is 0. The highest BCUT2D eigenvalue weighted by atomic mass is 15.2. The molecule has 0 bridgehead atoms. The fourth-order valence-electron chi connectivity index (χ4n) is 2.42. The van der Waals surface area contributed by atoms with Gasteiger partial charge in [0.1, 0.15) is 12.1 Å². The van der Waals surface area contributed by atoms with Gasteiger partial charge in [-0.1, -0.05) is 25.1 Å². The van der Waals surface area contributed by atoms with Crippen LogP contribution in [0.25, 0.3) is 0 Å². The number of hydrogen-bond acceptors (Lipinski definition) is 4. The minimum Gasteiger partial charge on any atom is -0.325 e. The van der Waals surface area contributed by atoms with Crippen LogP contribution in [-0.4, -0.2) is 23.1 Å². The predicted octanol–water partition coefficient (Wildman–Crippen LogP) is 2.28. The normalized spacial score (nSPS) is 14.9. The molecular weight excluding hydrogens is 236 g/mol. The van der Waals surface area contributed by atoms with E-state index in [1.54, 1.807) is 6.33 Å². The third-order valence-electron chi connectivity index (χ3n) is 3.46. The topological polar surface area (TPSA) is 41.0 Å². The summed E-state index contributed by atoms with van der Waals surface area (Å²) in [4.78, 5) is 11.0. The average molecular weight is 254 g/mol.